The molecular weight excluding hydrogens is 274 g/mol. The van der Waals surface area contributed by atoms with Crippen molar-refractivity contribution in [1.82, 2.24) is 5.32 Å². The van der Waals surface area contributed by atoms with Crippen LogP contribution in [0.15, 0.2) is 24.3 Å². The zero-order valence-electron chi connectivity index (χ0n) is 9.76. The third-order valence-corrected chi connectivity index (χ3v) is 4.81. The zero-order valence-corrected chi connectivity index (χ0v) is 11.3. The second-order valence-corrected chi connectivity index (χ2v) is 5.98. The number of aliphatic hydroxyl groups is 1. The van der Waals surface area contributed by atoms with Gasteiger partial charge in [0.15, 0.2) is 4.93 Å². The average Bonchev–Trinajstić information content (AvgIpc) is 2.32. The Kier molecular flexibility index (Phi) is 3.87. The van der Waals surface area contributed by atoms with Crippen LogP contribution in [0.3, 0.4) is 0 Å². The van der Waals surface area contributed by atoms with Crippen molar-refractivity contribution in [2.75, 3.05) is 5.75 Å². The van der Waals surface area contributed by atoms with E-state index in [0.29, 0.717) is 16.3 Å². The fourth-order valence-corrected chi connectivity index (χ4v) is 3.45. The number of halogens is 1. The van der Waals surface area contributed by atoms with Crippen molar-refractivity contribution in [3.63, 3.8) is 0 Å². The minimum Gasteiger partial charge on any atom is -0.480 e. The molecule has 1 aromatic rings. The first-order chi connectivity index (χ1) is 8.43. The van der Waals surface area contributed by atoms with E-state index >= 15 is 0 Å². The lowest BCUT2D eigenvalue weighted by Gasteiger charge is -2.40. The lowest BCUT2D eigenvalue weighted by Crippen LogP contribution is -2.56. The van der Waals surface area contributed by atoms with Crippen molar-refractivity contribution in [3.8, 4) is 0 Å². The van der Waals surface area contributed by atoms with Gasteiger partial charge in [-0.3, -0.25) is 10.1 Å². The van der Waals surface area contributed by atoms with E-state index in [1.807, 2.05) is 0 Å². The first kappa shape index (κ1) is 13.7. The Balaban J connectivity index is 2.25. The number of benzene rings is 1. The number of nitrogens with one attached hydrogen (secondary N) is 1. The SMILES string of the molecule is C[C@@H]1N[C@H](C(=O)O)CS[C@@]1(O)c1cccc(Cl)c1. The Hall–Kier alpha value is -0.750. The smallest absolute Gasteiger partial charge is 0.321 e. The first-order valence-electron chi connectivity index (χ1n) is 5.54. The number of rotatable bonds is 2. The molecule has 18 heavy (non-hydrogen) atoms. The topological polar surface area (TPSA) is 69.6 Å². The van der Waals surface area contributed by atoms with Crippen LogP contribution in [0.1, 0.15) is 12.5 Å². The maximum atomic E-state index is 10.9. The standard InChI is InChI=1S/C12H14ClNO3S/c1-7-12(17,8-3-2-4-9(13)5-8)18-6-10(14-7)11(15)16/h2-5,7,10,14,17H,6H2,1H3,(H,15,16)/t7-,10-,12+/m0/s1. The predicted octanol–water partition coefficient (Wildman–Crippen LogP) is 1.66. The van der Waals surface area contributed by atoms with E-state index in [1.165, 1.54) is 11.8 Å². The van der Waals surface area contributed by atoms with Gasteiger partial charge in [0.25, 0.3) is 0 Å². The van der Waals surface area contributed by atoms with Crippen molar-refractivity contribution in [2.24, 2.45) is 0 Å². The van der Waals surface area contributed by atoms with E-state index < -0.39 is 16.9 Å². The monoisotopic (exact) mass is 287 g/mol. The molecule has 0 aliphatic carbocycles. The van der Waals surface area contributed by atoms with Crippen LogP contribution in [0.25, 0.3) is 0 Å². The second-order valence-electron chi connectivity index (χ2n) is 4.30. The minimum atomic E-state index is -1.16. The van der Waals surface area contributed by atoms with Crippen molar-refractivity contribution < 1.29 is 15.0 Å². The molecule has 0 spiro atoms. The number of aliphatic carboxylic acids is 1. The third-order valence-electron chi connectivity index (χ3n) is 3.04. The van der Waals surface area contributed by atoms with Gasteiger partial charge in [-0.2, -0.15) is 0 Å². The zero-order chi connectivity index (χ0) is 13.3. The van der Waals surface area contributed by atoms with E-state index in [2.05, 4.69) is 5.32 Å². The molecule has 98 valence electrons. The van der Waals surface area contributed by atoms with Crippen LogP contribution in [0.2, 0.25) is 5.02 Å². The Morgan fingerprint density at radius 2 is 2.33 bits per heavy atom. The highest BCUT2D eigenvalue weighted by Crippen LogP contribution is 2.41. The van der Waals surface area contributed by atoms with Crippen LogP contribution in [-0.4, -0.2) is 34.0 Å². The molecule has 3 N–H and O–H groups in total. The summed E-state index contributed by atoms with van der Waals surface area (Å²) in [5.41, 5.74) is 0.684. The summed E-state index contributed by atoms with van der Waals surface area (Å²) in [4.78, 5) is 9.77. The molecule has 1 fully saturated rings. The van der Waals surface area contributed by atoms with Crippen LogP contribution in [-0.2, 0) is 9.73 Å². The first-order valence-corrected chi connectivity index (χ1v) is 6.91. The Morgan fingerprint density at radius 3 is 2.89 bits per heavy atom. The van der Waals surface area contributed by atoms with Crippen molar-refractivity contribution in [2.45, 2.75) is 23.9 Å². The molecule has 1 saturated heterocycles. The van der Waals surface area contributed by atoms with Crippen molar-refractivity contribution in [3.05, 3.63) is 34.9 Å². The molecule has 0 aromatic heterocycles. The minimum absolute atomic E-state index is 0.308. The van der Waals surface area contributed by atoms with Gasteiger partial charge < -0.3 is 10.2 Å². The van der Waals surface area contributed by atoms with Crippen LogP contribution >= 0.6 is 23.4 Å². The highest BCUT2D eigenvalue weighted by atomic mass is 35.5. The van der Waals surface area contributed by atoms with Crippen LogP contribution in [0.5, 0.6) is 0 Å². The van der Waals surface area contributed by atoms with E-state index in [4.69, 9.17) is 16.7 Å². The number of hydrogen-bond donors (Lipinski definition) is 3. The van der Waals surface area contributed by atoms with Gasteiger partial charge >= 0.3 is 5.97 Å². The largest absolute Gasteiger partial charge is 0.480 e. The molecule has 0 saturated carbocycles. The second kappa shape index (κ2) is 5.09. The molecule has 1 aliphatic heterocycles. The summed E-state index contributed by atoms with van der Waals surface area (Å²) in [5.74, 6) is -0.592. The van der Waals surface area contributed by atoms with Gasteiger partial charge in [0.05, 0.1) is 0 Å². The molecule has 0 bridgehead atoms. The van der Waals surface area contributed by atoms with Gasteiger partial charge in [0.2, 0.25) is 0 Å². The van der Waals surface area contributed by atoms with E-state index in [0.717, 1.165) is 0 Å². The van der Waals surface area contributed by atoms with E-state index in [1.54, 1.807) is 31.2 Å². The van der Waals surface area contributed by atoms with Gasteiger partial charge in [-0.25, -0.2) is 0 Å². The van der Waals surface area contributed by atoms with E-state index in [9.17, 15) is 9.90 Å². The van der Waals surface area contributed by atoms with Crippen LogP contribution < -0.4 is 5.32 Å². The molecule has 1 heterocycles. The Morgan fingerprint density at radius 1 is 1.61 bits per heavy atom. The number of carboxylic acids is 1. The molecular formula is C12H14ClNO3S. The van der Waals surface area contributed by atoms with Gasteiger partial charge in [-0.05, 0) is 24.6 Å². The fourth-order valence-electron chi connectivity index (χ4n) is 1.99. The summed E-state index contributed by atoms with van der Waals surface area (Å²) in [5, 5.41) is 23.1. The molecule has 1 aliphatic rings. The Labute approximate surface area is 114 Å². The fraction of sp³-hybridized carbons (Fsp3) is 0.417. The maximum Gasteiger partial charge on any atom is 0.321 e. The van der Waals surface area contributed by atoms with Crippen LogP contribution in [0, 0.1) is 0 Å². The molecule has 2 rings (SSSR count). The van der Waals surface area contributed by atoms with Gasteiger partial charge in [0.1, 0.15) is 6.04 Å². The number of carboxylic acid groups (broad SMARTS) is 1. The Bertz CT molecular complexity index is 470. The molecule has 1 aromatic carbocycles. The summed E-state index contributed by atoms with van der Waals surface area (Å²) < 4.78 is 0. The predicted molar refractivity (Wildman–Crippen MR) is 71.8 cm³/mol. The molecule has 6 heteroatoms. The number of carbonyl (C=O) groups is 1. The lowest BCUT2D eigenvalue weighted by molar-refractivity contribution is -0.139. The summed E-state index contributed by atoms with van der Waals surface area (Å²) in [6.45, 7) is 1.77. The summed E-state index contributed by atoms with van der Waals surface area (Å²) >= 11 is 7.14. The quantitative estimate of drug-likeness (QED) is 0.772. The molecule has 0 amide bonds. The third kappa shape index (κ3) is 2.49. The highest BCUT2D eigenvalue weighted by Gasteiger charge is 2.43. The van der Waals surface area contributed by atoms with Gasteiger partial charge in [0, 0.05) is 16.8 Å². The van der Waals surface area contributed by atoms with Gasteiger partial charge in [-0.15, -0.1) is 11.8 Å². The number of hydrogen-bond acceptors (Lipinski definition) is 4. The molecule has 4 nitrogen and oxygen atoms in total. The summed E-state index contributed by atoms with van der Waals surface area (Å²) in [6, 6.07) is 5.98. The summed E-state index contributed by atoms with van der Waals surface area (Å²) in [6.07, 6.45) is 0. The molecule has 3 atom stereocenters. The lowest BCUT2D eigenvalue weighted by atomic mass is 10.0. The van der Waals surface area contributed by atoms with Gasteiger partial charge in [-0.1, -0.05) is 23.7 Å². The molecule has 0 unspecified atom stereocenters. The highest BCUT2D eigenvalue weighted by molar-refractivity contribution is 8.00. The number of thioether (sulfide) groups is 1. The normalized spacial score (nSPS) is 32.2. The average molecular weight is 288 g/mol. The van der Waals surface area contributed by atoms with E-state index in [-0.39, 0.29) is 6.04 Å². The van der Waals surface area contributed by atoms with Crippen molar-refractivity contribution in [1.29, 1.82) is 0 Å². The maximum absolute atomic E-state index is 10.9. The van der Waals surface area contributed by atoms with Crippen molar-refractivity contribution >= 4 is 29.3 Å². The molecule has 0 radical (unpaired) electrons. The van der Waals surface area contributed by atoms with Crippen LogP contribution in [0.4, 0.5) is 0 Å². The summed E-state index contributed by atoms with van der Waals surface area (Å²) in [7, 11) is 0.